The number of hydrogen-bond acceptors (Lipinski definition) is 4. The van der Waals surface area contributed by atoms with Crippen LogP contribution in [0.2, 0.25) is 0 Å². The van der Waals surface area contributed by atoms with Crippen molar-refractivity contribution in [3.8, 4) is 0 Å². The molecule has 5 nitrogen and oxygen atoms in total. The van der Waals surface area contributed by atoms with Crippen LogP contribution in [0.15, 0.2) is 0 Å². The van der Waals surface area contributed by atoms with Crippen LogP contribution in [0.4, 0.5) is 4.39 Å². The Morgan fingerprint density at radius 1 is 1.53 bits per heavy atom. The van der Waals surface area contributed by atoms with E-state index in [2.05, 4.69) is 5.32 Å². The van der Waals surface area contributed by atoms with Gasteiger partial charge in [0.05, 0.1) is 5.92 Å². The summed E-state index contributed by atoms with van der Waals surface area (Å²) in [6.45, 7) is 1.26. The summed E-state index contributed by atoms with van der Waals surface area (Å²) in [6.07, 6.45) is 3.01. The van der Waals surface area contributed by atoms with Crippen molar-refractivity contribution in [3.05, 3.63) is 0 Å². The third-order valence-electron chi connectivity index (χ3n) is 4.59. The van der Waals surface area contributed by atoms with Crippen molar-refractivity contribution in [2.45, 2.75) is 31.4 Å². The van der Waals surface area contributed by atoms with Crippen molar-refractivity contribution in [2.24, 2.45) is 11.8 Å². The molecule has 0 bridgehead atoms. The molecule has 0 aromatic rings. The third kappa shape index (κ3) is 2.12. The fraction of sp³-hybridized carbons (Fsp3) is 0.846. The molecule has 2 atom stereocenters. The van der Waals surface area contributed by atoms with E-state index in [1.54, 1.807) is 0 Å². The van der Waals surface area contributed by atoms with E-state index in [4.69, 9.17) is 4.74 Å². The van der Waals surface area contributed by atoms with Gasteiger partial charge >= 0.3 is 5.97 Å². The number of carbonyl (C=O) groups excluding carboxylic acids is 2. The van der Waals surface area contributed by atoms with Crippen LogP contribution in [0.3, 0.4) is 0 Å². The molecule has 0 radical (unpaired) electrons. The minimum Gasteiger partial charge on any atom is -0.444 e. The zero-order valence-electron chi connectivity index (χ0n) is 10.9. The smallest absolute Gasteiger partial charge is 0.310 e. The summed E-state index contributed by atoms with van der Waals surface area (Å²) in [6, 6.07) is 0. The zero-order chi connectivity index (χ0) is 13.5. The Hall–Kier alpha value is -1.17. The van der Waals surface area contributed by atoms with Gasteiger partial charge in [0.1, 0.15) is 0 Å². The zero-order valence-corrected chi connectivity index (χ0v) is 10.9. The van der Waals surface area contributed by atoms with Gasteiger partial charge in [0.2, 0.25) is 0 Å². The molecule has 3 fully saturated rings. The van der Waals surface area contributed by atoms with E-state index in [0.717, 1.165) is 19.3 Å². The van der Waals surface area contributed by atoms with Crippen LogP contribution in [0.5, 0.6) is 0 Å². The number of amides is 1. The molecule has 0 aromatic carbocycles. The number of piperidine rings is 1. The Balaban J connectivity index is 1.57. The number of fused-ring (bicyclic) bond motifs is 1. The average molecular weight is 270 g/mol. The van der Waals surface area contributed by atoms with Gasteiger partial charge in [-0.25, -0.2) is 4.39 Å². The summed E-state index contributed by atoms with van der Waals surface area (Å²) in [4.78, 5) is 25.0. The maximum atomic E-state index is 14.6. The van der Waals surface area contributed by atoms with Gasteiger partial charge in [0, 0.05) is 25.4 Å². The maximum absolute atomic E-state index is 14.6. The lowest BCUT2D eigenvalue weighted by Gasteiger charge is -2.29. The monoisotopic (exact) mass is 270 g/mol. The normalized spacial score (nSPS) is 34.9. The number of ether oxygens (including phenoxy) is 1. The van der Waals surface area contributed by atoms with E-state index in [1.807, 2.05) is 0 Å². The van der Waals surface area contributed by atoms with Crippen molar-refractivity contribution in [3.63, 3.8) is 0 Å². The number of nitrogens with zero attached hydrogens (tertiary/aromatic N) is 1. The first-order chi connectivity index (χ1) is 9.11. The van der Waals surface area contributed by atoms with Crippen LogP contribution >= 0.6 is 0 Å². The van der Waals surface area contributed by atoms with Crippen molar-refractivity contribution in [2.75, 3.05) is 26.4 Å². The van der Waals surface area contributed by atoms with Gasteiger partial charge < -0.3 is 15.0 Å². The number of carbonyl (C=O) groups is 2. The molecule has 106 valence electrons. The molecule has 3 rings (SSSR count). The molecule has 2 heterocycles. The number of esters is 1. The standard InChI is InChI=1S/C13H19FN2O3/c14-13-4-5-15-6-10(13)7-16(12(13)18)8-19-11(17)9-2-1-3-9/h9-10,15H,1-8H2/t10-,13+/m0/s1. The highest BCUT2D eigenvalue weighted by atomic mass is 19.1. The first-order valence-corrected chi connectivity index (χ1v) is 6.97. The number of halogens is 1. The molecular weight excluding hydrogens is 251 g/mol. The Morgan fingerprint density at radius 3 is 2.95 bits per heavy atom. The van der Waals surface area contributed by atoms with Crippen LogP contribution in [0, 0.1) is 11.8 Å². The van der Waals surface area contributed by atoms with Crippen LogP contribution in [0.25, 0.3) is 0 Å². The van der Waals surface area contributed by atoms with Crippen molar-refractivity contribution in [1.82, 2.24) is 10.2 Å². The van der Waals surface area contributed by atoms with Crippen molar-refractivity contribution in [1.29, 1.82) is 0 Å². The van der Waals surface area contributed by atoms with E-state index >= 15 is 0 Å². The SMILES string of the molecule is O=C(OCN1C[C@@H]2CNCC[C@]2(F)C1=O)C1CCC1. The lowest BCUT2D eigenvalue weighted by atomic mass is 9.86. The summed E-state index contributed by atoms with van der Waals surface area (Å²) in [5, 5.41) is 3.10. The van der Waals surface area contributed by atoms with Gasteiger partial charge in [-0.2, -0.15) is 0 Å². The minimum atomic E-state index is -1.76. The number of hydrogen-bond donors (Lipinski definition) is 1. The van der Waals surface area contributed by atoms with Crippen LogP contribution < -0.4 is 5.32 Å². The summed E-state index contributed by atoms with van der Waals surface area (Å²) < 4.78 is 19.7. The summed E-state index contributed by atoms with van der Waals surface area (Å²) in [7, 11) is 0. The molecule has 6 heteroatoms. The van der Waals surface area contributed by atoms with E-state index in [-0.39, 0.29) is 31.0 Å². The van der Waals surface area contributed by atoms with Crippen LogP contribution in [0.1, 0.15) is 25.7 Å². The Morgan fingerprint density at radius 2 is 2.32 bits per heavy atom. The highest BCUT2D eigenvalue weighted by Gasteiger charge is 2.55. The predicted octanol–water partition coefficient (Wildman–Crippen LogP) is 0.447. The van der Waals surface area contributed by atoms with Crippen LogP contribution in [-0.4, -0.2) is 48.8 Å². The molecule has 2 saturated heterocycles. The molecule has 0 aromatic heterocycles. The fourth-order valence-electron chi connectivity index (χ4n) is 3.03. The Kier molecular flexibility index (Phi) is 3.20. The quantitative estimate of drug-likeness (QED) is 0.756. The number of rotatable bonds is 3. The predicted molar refractivity (Wildman–Crippen MR) is 64.8 cm³/mol. The Bertz CT molecular complexity index is 399. The average Bonchev–Trinajstić information content (AvgIpc) is 2.58. The third-order valence-corrected chi connectivity index (χ3v) is 4.59. The first kappa shape index (κ1) is 12.8. The van der Waals surface area contributed by atoms with Gasteiger partial charge in [-0.3, -0.25) is 9.59 Å². The molecule has 0 spiro atoms. The van der Waals surface area contributed by atoms with Gasteiger partial charge in [-0.15, -0.1) is 0 Å². The molecule has 1 N–H and O–H groups in total. The maximum Gasteiger partial charge on any atom is 0.310 e. The highest BCUT2D eigenvalue weighted by Crippen LogP contribution is 2.37. The molecule has 19 heavy (non-hydrogen) atoms. The van der Waals surface area contributed by atoms with Gasteiger partial charge in [-0.05, 0) is 19.4 Å². The highest BCUT2D eigenvalue weighted by molar-refractivity contribution is 5.88. The Labute approximate surface area is 111 Å². The molecule has 3 aliphatic rings. The number of likely N-dealkylation sites (tertiary alicyclic amines) is 1. The van der Waals surface area contributed by atoms with Gasteiger partial charge in [0.15, 0.2) is 12.4 Å². The lowest BCUT2D eigenvalue weighted by Crippen LogP contribution is -2.49. The van der Waals surface area contributed by atoms with E-state index in [9.17, 15) is 14.0 Å². The molecule has 1 saturated carbocycles. The van der Waals surface area contributed by atoms with Gasteiger partial charge in [0.25, 0.3) is 5.91 Å². The molecule has 1 aliphatic carbocycles. The first-order valence-electron chi connectivity index (χ1n) is 6.97. The van der Waals surface area contributed by atoms with Crippen molar-refractivity contribution < 1.29 is 18.7 Å². The topological polar surface area (TPSA) is 58.6 Å². The lowest BCUT2D eigenvalue weighted by molar-refractivity contribution is -0.159. The molecule has 0 unspecified atom stereocenters. The van der Waals surface area contributed by atoms with E-state index in [0.29, 0.717) is 19.6 Å². The number of alkyl halides is 1. The summed E-state index contributed by atoms with van der Waals surface area (Å²) >= 11 is 0. The molecule has 1 amide bonds. The molecule has 2 aliphatic heterocycles. The second-order valence-electron chi connectivity index (χ2n) is 5.76. The summed E-state index contributed by atoms with van der Waals surface area (Å²) in [5.74, 6) is -1.10. The summed E-state index contributed by atoms with van der Waals surface area (Å²) in [5.41, 5.74) is -1.76. The van der Waals surface area contributed by atoms with Crippen LogP contribution in [-0.2, 0) is 14.3 Å². The van der Waals surface area contributed by atoms with Crippen molar-refractivity contribution >= 4 is 11.9 Å². The fourth-order valence-corrected chi connectivity index (χ4v) is 3.03. The molecular formula is C13H19FN2O3. The minimum absolute atomic E-state index is 0.0130. The number of nitrogens with one attached hydrogen (secondary N) is 1. The van der Waals surface area contributed by atoms with Gasteiger partial charge in [-0.1, -0.05) is 6.42 Å². The van der Waals surface area contributed by atoms with E-state index < -0.39 is 11.6 Å². The largest absolute Gasteiger partial charge is 0.444 e. The second kappa shape index (κ2) is 4.74. The second-order valence-corrected chi connectivity index (χ2v) is 5.76. The van der Waals surface area contributed by atoms with E-state index in [1.165, 1.54) is 4.90 Å².